The highest BCUT2D eigenvalue weighted by molar-refractivity contribution is 7.90. The van der Waals surface area contributed by atoms with Gasteiger partial charge in [0.1, 0.15) is 5.69 Å². The first kappa shape index (κ1) is 25.8. The number of fused-ring (bicyclic) bond motifs is 1. The zero-order chi connectivity index (χ0) is 27.1. The van der Waals surface area contributed by atoms with Crippen LogP contribution in [-0.4, -0.2) is 41.3 Å². The first-order valence-electron chi connectivity index (χ1n) is 10.7. The van der Waals surface area contributed by atoms with E-state index in [1.807, 2.05) is 0 Å². The number of anilines is 1. The van der Waals surface area contributed by atoms with Crippen LogP contribution in [0.2, 0.25) is 0 Å². The molecule has 0 atom stereocenters. The molecule has 37 heavy (non-hydrogen) atoms. The molecule has 0 aliphatic rings. The Hall–Kier alpha value is -4.26. The molecule has 0 aliphatic heterocycles. The van der Waals surface area contributed by atoms with Crippen molar-refractivity contribution in [2.45, 2.75) is 24.5 Å². The average molecular weight is 532 g/mol. The van der Waals surface area contributed by atoms with E-state index in [4.69, 9.17) is 5.73 Å². The average Bonchev–Trinajstić information content (AvgIpc) is 3.13. The molecule has 0 fully saturated rings. The number of carbonyl (C=O) groups is 2. The second-order valence-corrected chi connectivity index (χ2v) is 10.3. The molecule has 3 N–H and O–H groups in total. The topological polar surface area (TPSA) is 137 Å². The Morgan fingerprint density at radius 1 is 1.08 bits per heavy atom. The summed E-state index contributed by atoms with van der Waals surface area (Å²) in [7, 11) is -3.53. The van der Waals surface area contributed by atoms with Crippen LogP contribution in [0.15, 0.2) is 59.5 Å². The van der Waals surface area contributed by atoms with Gasteiger partial charge in [0.25, 0.3) is 5.91 Å². The number of nitrogens with one attached hydrogen (secondary N) is 1. The predicted octanol–water partition coefficient (Wildman–Crippen LogP) is 3.56. The van der Waals surface area contributed by atoms with Gasteiger partial charge in [0.15, 0.2) is 15.5 Å². The van der Waals surface area contributed by atoms with Crippen LogP contribution in [0.25, 0.3) is 10.9 Å². The monoisotopic (exact) mass is 531 g/mol. The number of alkyl halides is 3. The van der Waals surface area contributed by atoms with E-state index in [2.05, 4.69) is 15.4 Å². The van der Waals surface area contributed by atoms with Crippen LogP contribution in [0.1, 0.15) is 37.8 Å². The fraction of sp³-hybridized carbons (Fsp3) is 0.167. The smallest absolute Gasteiger partial charge is 0.366 e. The van der Waals surface area contributed by atoms with Crippen molar-refractivity contribution in [3.63, 3.8) is 0 Å². The molecular formula is C24H20F3N5O4S. The van der Waals surface area contributed by atoms with E-state index in [-0.39, 0.29) is 33.9 Å². The summed E-state index contributed by atoms with van der Waals surface area (Å²) in [5.41, 5.74) is 3.80. The number of rotatable bonds is 6. The molecule has 13 heteroatoms. The third kappa shape index (κ3) is 5.31. The lowest BCUT2D eigenvalue weighted by atomic mass is 10.1. The molecule has 0 saturated carbocycles. The lowest BCUT2D eigenvalue weighted by molar-refractivity contribution is -0.140. The quantitative estimate of drug-likeness (QED) is 0.390. The molecular weight excluding hydrogens is 511 g/mol. The van der Waals surface area contributed by atoms with Gasteiger partial charge in [0, 0.05) is 11.6 Å². The Morgan fingerprint density at radius 2 is 1.78 bits per heavy atom. The lowest BCUT2D eigenvalue weighted by Crippen LogP contribution is -2.19. The van der Waals surface area contributed by atoms with Crippen LogP contribution in [0.3, 0.4) is 0 Å². The van der Waals surface area contributed by atoms with Crippen LogP contribution >= 0.6 is 0 Å². The van der Waals surface area contributed by atoms with Gasteiger partial charge in [-0.3, -0.25) is 14.3 Å². The maximum atomic E-state index is 13.8. The first-order chi connectivity index (χ1) is 17.3. The van der Waals surface area contributed by atoms with E-state index in [1.54, 1.807) is 24.3 Å². The van der Waals surface area contributed by atoms with E-state index < -0.39 is 39.2 Å². The molecule has 2 amide bonds. The standard InChI is InChI=1S/C24H20F3N5O4S/c1-13-20(30-23(34)19-11-17(22(28)33)16-8-3-4-9-18(16)29-19)21(24(25,26)27)31-32(13)12-14-6-5-7-15(10-14)37(2,35)36/h3-11H,12H2,1-2H3,(H2,28,33)(H,30,34). The van der Waals surface area contributed by atoms with Gasteiger partial charge in [-0.2, -0.15) is 18.3 Å². The van der Waals surface area contributed by atoms with E-state index in [1.165, 1.54) is 31.2 Å². The second kappa shape index (κ2) is 9.32. The van der Waals surface area contributed by atoms with Crippen LogP contribution < -0.4 is 11.1 Å². The van der Waals surface area contributed by atoms with Gasteiger partial charge in [-0.25, -0.2) is 13.4 Å². The summed E-state index contributed by atoms with van der Waals surface area (Å²) in [6.45, 7) is 1.15. The van der Waals surface area contributed by atoms with Crippen LogP contribution in [0.4, 0.5) is 18.9 Å². The fourth-order valence-corrected chi connectivity index (χ4v) is 4.46. The number of benzene rings is 2. The number of nitrogens with zero attached hydrogens (tertiary/aromatic N) is 3. The van der Waals surface area contributed by atoms with Crippen molar-refractivity contribution >= 4 is 38.2 Å². The predicted molar refractivity (Wildman–Crippen MR) is 129 cm³/mol. The largest absolute Gasteiger partial charge is 0.437 e. The third-order valence-electron chi connectivity index (χ3n) is 5.59. The minimum absolute atomic E-state index is 0.00649. The molecule has 4 aromatic rings. The fourth-order valence-electron chi connectivity index (χ4n) is 3.77. The molecule has 2 aromatic heterocycles. The number of pyridine rings is 1. The highest BCUT2D eigenvalue weighted by Gasteiger charge is 2.39. The Bertz CT molecular complexity index is 1660. The molecule has 2 aromatic carbocycles. The van der Waals surface area contributed by atoms with Crippen molar-refractivity contribution in [3.05, 3.63) is 82.8 Å². The highest BCUT2D eigenvalue weighted by atomic mass is 32.2. The molecule has 9 nitrogen and oxygen atoms in total. The van der Waals surface area contributed by atoms with Crippen LogP contribution in [0, 0.1) is 6.92 Å². The zero-order valence-electron chi connectivity index (χ0n) is 19.5. The van der Waals surface area contributed by atoms with Crippen LogP contribution in [-0.2, 0) is 22.6 Å². The number of hydrogen-bond donors (Lipinski definition) is 2. The maximum Gasteiger partial charge on any atom is 0.437 e. The van der Waals surface area contributed by atoms with Gasteiger partial charge >= 0.3 is 6.18 Å². The van der Waals surface area contributed by atoms with Crippen molar-refractivity contribution < 1.29 is 31.2 Å². The van der Waals surface area contributed by atoms with E-state index >= 15 is 0 Å². The van der Waals surface area contributed by atoms with Gasteiger partial charge in [0.2, 0.25) is 5.91 Å². The summed E-state index contributed by atoms with van der Waals surface area (Å²) in [4.78, 5) is 29.1. The van der Waals surface area contributed by atoms with E-state index in [9.17, 15) is 31.2 Å². The molecule has 2 heterocycles. The summed E-state index contributed by atoms with van der Waals surface area (Å²) in [6.07, 6.45) is -3.90. The van der Waals surface area contributed by atoms with Gasteiger partial charge in [-0.15, -0.1) is 0 Å². The SMILES string of the molecule is Cc1c(NC(=O)c2cc(C(N)=O)c3ccccc3n2)c(C(F)(F)F)nn1Cc1cccc(S(C)(=O)=O)c1. The van der Waals surface area contributed by atoms with Crippen molar-refractivity contribution in [2.24, 2.45) is 5.73 Å². The van der Waals surface area contributed by atoms with E-state index in [0.717, 1.165) is 17.0 Å². The number of para-hydroxylation sites is 1. The Labute approximate surface area is 209 Å². The van der Waals surface area contributed by atoms with Crippen LogP contribution in [0.5, 0.6) is 0 Å². The molecule has 0 saturated heterocycles. The van der Waals surface area contributed by atoms with Gasteiger partial charge < -0.3 is 11.1 Å². The summed E-state index contributed by atoms with van der Waals surface area (Å²) in [6, 6.07) is 13.2. The molecule has 0 unspecified atom stereocenters. The van der Waals surface area contributed by atoms with Crippen molar-refractivity contribution in [1.82, 2.24) is 14.8 Å². The summed E-state index contributed by atoms with van der Waals surface area (Å²) in [5, 5.41) is 6.26. The Kier molecular flexibility index (Phi) is 6.50. The molecule has 0 radical (unpaired) electrons. The van der Waals surface area contributed by atoms with Crippen molar-refractivity contribution in [1.29, 1.82) is 0 Å². The lowest BCUT2D eigenvalue weighted by Gasteiger charge is -2.11. The minimum Gasteiger partial charge on any atom is -0.366 e. The number of primary amides is 1. The molecule has 4 rings (SSSR count). The highest BCUT2D eigenvalue weighted by Crippen LogP contribution is 2.36. The minimum atomic E-state index is -4.91. The molecule has 192 valence electrons. The molecule has 0 aliphatic carbocycles. The summed E-state index contributed by atoms with van der Waals surface area (Å²) in [5.74, 6) is -1.83. The first-order valence-corrected chi connectivity index (χ1v) is 12.6. The number of nitrogens with two attached hydrogens (primary N) is 1. The summed E-state index contributed by atoms with van der Waals surface area (Å²) < 4.78 is 66.3. The number of sulfone groups is 1. The Balaban J connectivity index is 1.74. The number of halogens is 3. The molecule has 0 spiro atoms. The number of carbonyl (C=O) groups excluding carboxylic acids is 2. The summed E-state index contributed by atoms with van der Waals surface area (Å²) >= 11 is 0. The number of hydrogen-bond acceptors (Lipinski definition) is 6. The van der Waals surface area contributed by atoms with Crippen molar-refractivity contribution in [3.8, 4) is 0 Å². The second-order valence-electron chi connectivity index (χ2n) is 8.27. The maximum absolute atomic E-state index is 13.8. The van der Waals surface area contributed by atoms with Gasteiger partial charge in [-0.1, -0.05) is 30.3 Å². The van der Waals surface area contributed by atoms with Gasteiger partial charge in [-0.05, 0) is 36.8 Å². The Morgan fingerprint density at radius 3 is 2.43 bits per heavy atom. The zero-order valence-corrected chi connectivity index (χ0v) is 20.3. The van der Waals surface area contributed by atoms with Gasteiger partial charge in [0.05, 0.1) is 33.9 Å². The number of amides is 2. The third-order valence-corrected chi connectivity index (χ3v) is 6.70. The van der Waals surface area contributed by atoms with E-state index in [0.29, 0.717) is 10.9 Å². The molecule has 0 bridgehead atoms. The normalized spacial score (nSPS) is 12.0. The number of aromatic nitrogens is 3. The van der Waals surface area contributed by atoms with Crippen molar-refractivity contribution in [2.75, 3.05) is 11.6 Å².